The molecule has 4 rings (SSSR count). The highest BCUT2D eigenvalue weighted by Crippen LogP contribution is 2.52. The molecule has 0 amide bonds. The standard InChI is InChI=1S/C18H16O/c1-12-6-7-16-14(10-12)17(19)11-18(16)9-8-13-4-2-3-5-15(13)18/h2-7,10H,8-9,11H2,1H3. The predicted octanol–water partition coefficient (Wildman–Crippen LogP) is 3.81. The molecule has 1 atom stereocenters. The highest BCUT2D eigenvalue weighted by molar-refractivity contribution is 6.03. The summed E-state index contributed by atoms with van der Waals surface area (Å²) in [7, 11) is 0. The van der Waals surface area contributed by atoms with E-state index in [0.717, 1.165) is 18.4 Å². The van der Waals surface area contributed by atoms with Crippen LogP contribution in [0.4, 0.5) is 0 Å². The second-order valence-corrected chi connectivity index (χ2v) is 5.89. The number of carbonyl (C=O) groups is 1. The number of hydrogen-bond acceptors (Lipinski definition) is 1. The first-order chi connectivity index (χ1) is 9.21. The van der Waals surface area contributed by atoms with Crippen LogP contribution in [0.3, 0.4) is 0 Å². The van der Waals surface area contributed by atoms with Crippen LogP contribution >= 0.6 is 0 Å². The van der Waals surface area contributed by atoms with Gasteiger partial charge in [-0.2, -0.15) is 0 Å². The summed E-state index contributed by atoms with van der Waals surface area (Å²) in [6.45, 7) is 2.06. The molecule has 1 nitrogen and oxygen atoms in total. The zero-order valence-electron chi connectivity index (χ0n) is 11.1. The smallest absolute Gasteiger partial charge is 0.164 e. The Morgan fingerprint density at radius 1 is 1.05 bits per heavy atom. The van der Waals surface area contributed by atoms with E-state index in [4.69, 9.17) is 0 Å². The number of hydrogen-bond donors (Lipinski definition) is 0. The van der Waals surface area contributed by atoms with Gasteiger partial charge in [0.15, 0.2) is 5.78 Å². The number of ketones is 1. The highest BCUT2D eigenvalue weighted by Gasteiger charge is 2.47. The first-order valence-corrected chi connectivity index (χ1v) is 6.93. The fourth-order valence-corrected chi connectivity index (χ4v) is 3.92. The van der Waals surface area contributed by atoms with Crippen molar-refractivity contribution < 1.29 is 4.79 Å². The molecule has 19 heavy (non-hydrogen) atoms. The Bertz CT molecular complexity index is 699. The maximum absolute atomic E-state index is 12.4. The summed E-state index contributed by atoms with van der Waals surface area (Å²) in [4.78, 5) is 12.4. The number of carbonyl (C=O) groups excluding carboxylic acids is 1. The molecule has 2 aromatic rings. The Morgan fingerprint density at radius 2 is 1.89 bits per heavy atom. The monoisotopic (exact) mass is 248 g/mol. The summed E-state index contributed by atoms with van der Waals surface area (Å²) in [5.41, 5.74) is 6.16. The number of rotatable bonds is 0. The molecule has 2 aliphatic carbocycles. The van der Waals surface area contributed by atoms with Crippen LogP contribution in [0.5, 0.6) is 0 Å². The van der Waals surface area contributed by atoms with Crippen molar-refractivity contribution in [3.05, 3.63) is 70.3 Å². The second kappa shape index (κ2) is 3.57. The Balaban J connectivity index is 1.99. The van der Waals surface area contributed by atoms with E-state index in [9.17, 15) is 4.79 Å². The first kappa shape index (κ1) is 11.0. The molecule has 0 aliphatic heterocycles. The Labute approximate surface area is 113 Å². The van der Waals surface area contributed by atoms with Gasteiger partial charge in [-0.3, -0.25) is 4.79 Å². The molecular formula is C18H16O. The van der Waals surface area contributed by atoms with Gasteiger partial charge in [0.05, 0.1) is 0 Å². The van der Waals surface area contributed by atoms with E-state index >= 15 is 0 Å². The number of aryl methyl sites for hydroxylation is 2. The summed E-state index contributed by atoms with van der Waals surface area (Å²) in [6, 6.07) is 15.0. The number of Topliss-reactive ketones (excluding diaryl/α,β-unsaturated/α-hetero) is 1. The van der Waals surface area contributed by atoms with E-state index in [1.165, 1.54) is 22.3 Å². The summed E-state index contributed by atoms with van der Waals surface area (Å²) in [5, 5.41) is 0. The molecule has 0 bridgehead atoms. The molecule has 0 fully saturated rings. The van der Waals surface area contributed by atoms with Gasteiger partial charge in [-0.25, -0.2) is 0 Å². The third-order valence-electron chi connectivity index (χ3n) is 4.81. The van der Waals surface area contributed by atoms with Crippen LogP contribution in [-0.2, 0) is 11.8 Å². The van der Waals surface area contributed by atoms with Crippen LogP contribution in [0.25, 0.3) is 0 Å². The largest absolute Gasteiger partial charge is 0.294 e. The van der Waals surface area contributed by atoms with Gasteiger partial charge < -0.3 is 0 Å². The molecule has 2 aromatic carbocycles. The van der Waals surface area contributed by atoms with Crippen molar-refractivity contribution in [3.8, 4) is 0 Å². The Morgan fingerprint density at radius 3 is 2.79 bits per heavy atom. The van der Waals surface area contributed by atoms with Gasteiger partial charge >= 0.3 is 0 Å². The van der Waals surface area contributed by atoms with Gasteiger partial charge in [-0.05, 0) is 42.5 Å². The van der Waals surface area contributed by atoms with Gasteiger partial charge in [0.2, 0.25) is 0 Å². The normalized spacial score (nSPS) is 23.7. The molecule has 0 saturated heterocycles. The zero-order chi connectivity index (χ0) is 13.0. The fraction of sp³-hybridized carbons (Fsp3) is 0.278. The van der Waals surface area contributed by atoms with Crippen molar-refractivity contribution >= 4 is 5.78 Å². The molecule has 2 aliphatic rings. The van der Waals surface area contributed by atoms with E-state index in [0.29, 0.717) is 12.2 Å². The molecule has 0 aromatic heterocycles. The lowest BCUT2D eigenvalue weighted by molar-refractivity contribution is 0.0979. The Kier molecular flexibility index (Phi) is 2.06. The lowest BCUT2D eigenvalue weighted by atomic mass is 9.76. The molecule has 1 heteroatoms. The van der Waals surface area contributed by atoms with E-state index in [-0.39, 0.29) is 5.41 Å². The maximum Gasteiger partial charge on any atom is 0.164 e. The van der Waals surface area contributed by atoms with Crippen molar-refractivity contribution in [2.45, 2.75) is 31.6 Å². The fourth-order valence-electron chi connectivity index (χ4n) is 3.92. The lowest BCUT2D eigenvalue weighted by Gasteiger charge is -2.25. The van der Waals surface area contributed by atoms with Crippen molar-refractivity contribution in [1.29, 1.82) is 0 Å². The second-order valence-electron chi connectivity index (χ2n) is 5.89. The molecule has 1 unspecified atom stereocenters. The van der Waals surface area contributed by atoms with Crippen molar-refractivity contribution in [2.75, 3.05) is 0 Å². The van der Waals surface area contributed by atoms with Crippen LogP contribution in [0.2, 0.25) is 0 Å². The van der Waals surface area contributed by atoms with E-state index in [1.54, 1.807) is 0 Å². The Hall–Kier alpha value is -1.89. The van der Waals surface area contributed by atoms with Crippen molar-refractivity contribution in [3.63, 3.8) is 0 Å². The molecule has 0 N–H and O–H groups in total. The van der Waals surface area contributed by atoms with Gasteiger partial charge in [0.1, 0.15) is 0 Å². The average Bonchev–Trinajstić information content (AvgIpc) is 2.91. The SMILES string of the molecule is Cc1ccc2c(c1)C(=O)CC21CCc2ccccc21. The van der Waals surface area contributed by atoms with E-state index in [1.807, 2.05) is 0 Å². The minimum Gasteiger partial charge on any atom is -0.294 e. The van der Waals surface area contributed by atoms with E-state index in [2.05, 4.69) is 49.4 Å². The maximum atomic E-state index is 12.4. The summed E-state index contributed by atoms with van der Waals surface area (Å²) < 4.78 is 0. The van der Waals surface area contributed by atoms with Gasteiger partial charge in [0.25, 0.3) is 0 Å². The van der Waals surface area contributed by atoms with Crippen molar-refractivity contribution in [1.82, 2.24) is 0 Å². The van der Waals surface area contributed by atoms with Crippen LogP contribution in [0, 0.1) is 6.92 Å². The molecule has 1 spiro atoms. The van der Waals surface area contributed by atoms with Gasteiger partial charge in [-0.1, -0.05) is 42.0 Å². The minimum absolute atomic E-state index is 0.0310. The van der Waals surface area contributed by atoms with Crippen LogP contribution in [0.15, 0.2) is 42.5 Å². The van der Waals surface area contributed by atoms with Gasteiger partial charge in [0, 0.05) is 17.4 Å². The van der Waals surface area contributed by atoms with Crippen molar-refractivity contribution in [2.24, 2.45) is 0 Å². The highest BCUT2D eigenvalue weighted by atomic mass is 16.1. The van der Waals surface area contributed by atoms with Crippen LogP contribution < -0.4 is 0 Å². The van der Waals surface area contributed by atoms with Gasteiger partial charge in [-0.15, -0.1) is 0 Å². The molecule has 94 valence electrons. The zero-order valence-corrected chi connectivity index (χ0v) is 11.1. The summed E-state index contributed by atoms with van der Waals surface area (Å²) >= 11 is 0. The molecule has 0 radical (unpaired) electrons. The van der Waals surface area contributed by atoms with E-state index < -0.39 is 0 Å². The summed E-state index contributed by atoms with van der Waals surface area (Å²) in [5.74, 6) is 0.315. The minimum atomic E-state index is -0.0310. The average molecular weight is 248 g/mol. The predicted molar refractivity (Wildman–Crippen MR) is 75.7 cm³/mol. The third kappa shape index (κ3) is 1.33. The third-order valence-corrected chi connectivity index (χ3v) is 4.81. The van der Waals surface area contributed by atoms with Crippen LogP contribution in [0.1, 0.15) is 45.5 Å². The molecule has 0 heterocycles. The van der Waals surface area contributed by atoms with Crippen LogP contribution in [-0.4, -0.2) is 5.78 Å². The number of fused-ring (bicyclic) bond motifs is 4. The lowest BCUT2D eigenvalue weighted by Crippen LogP contribution is -2.21. The quantitative estimate of drug-likeness (QED) is 0.692. The molecule has 0 saturated carbocycles. The summed E-state index contributed by atoms with van der Waals surface area (Å²) in [6.07, 6.45) is 2.83. The number of benzene rings is 2. The topological polar surface area (TPSA) is 17.1 Å². The molecular weight excluding hydrogens is 232 g/mol. The first-order valence-electron chi connectivity index (χ1n) is 6.93.